The Hall–Kier alpha value is -5.94. The molecule has 0 saturated heterocycles. The lowest BCUT2D eigenvalue weighted by Crippen LogP contribution is -2.04. The number of halogens is 8. The van der Waals surface area contributed by atoms with Crippen LogP contribution in [0.15, 0.2) is 89.3 Å². The largest absolute Gasteiger partial charge is 0.485 e. The van der Waals surface area contributed by atoms with Gasteiger partial charge in [0, 0.05) is 11.1 Å². The number of benzene rings is 4. The van der Waals surface area contributed by atoms with Crippen LogP contribution in [0, 0.1) is 19.7 Å². The molecular weight excluding hydrogens is 833 g/mol. The number of carboxylic acids is 1. The normalized spacial score (nSPS) is 11.4. The molecule has 2 aromatic heterocycles. The van der Waals surface area contributed by atoms with Crippen LogP contribution in [0.25, 0.3) is 22.0 Å². The average Bonchev–Trinajstić information content (AvgIpc) is 3.74. The quantitative estimate of drug-likeness (QED) is 0.0946. The highest BCUT2D eigenvalue weighted by atomic mass is 35.5. The number of aryl methyl sites for hydroxylation is 2. The second-order valence-electron chi connectivity index (χ2n) is 12.6. The molecule has 4 aromatic carbocycles. The number of carbonyl (C=O) groups excluding carboxylic acids is 1. The first-order valence-corrected chi connectivity index (χ1v) is 18.4. The number of esters is 1. The van der Waals surface area contributed by atoms with Gasteiger partial charge in [0.2, 0.25) is 5.89 Å². The fourth-order valence-corrected chi connectivity index (χ4v) is 6.46. The van der Waals surface area contributed by atoms with E-state index in [0.29, 0.717) is 60.1 Å². The summed E-state index contributed by atoms with van der Waals surface area (Å²) in [5.74, 6) is -1.14. The van der Waals surface area contributed by atoms with E-state index in [0.717, 1.165) is 30.3 Å². The minimum atomic E-state index is -4.41. The summed E-state index contributed by atoms with van der Waals surface area (Å²) in [6.07, 6.45) is -9.01. The van der Waals surface area contributed by atoms with E-state index in [1.54, 1.807) is 32.0 Å². The van der Waals surface area contributed by atoms with Crippen molar-refractivity contribution in [2.45, 2.75) is 52.3 Å². The summed E-state index contributed by atoms with van der Waals surface area (Å²) < 4.78 is 112. The van der Waals surface area contributed by atoms with Crippen LogP contribution in [0.3, 0.4) is 0 Å². The molecule has 0 bridgehead atoms. The molecule has 2 heterocycles. The second-order valence-corrected chi connectivity index (χ2v) is 14.1. The van der Waals surface area contributed by atoms with Gasteiger partial charge in [-0.3, -0.25) is 9.59 Å². The van der Waals surface area contributed by atoms with Crippen molar-refractivity contribution in [1.29, 1.82) is 0 Å². The van der Waals surface area contributed by atoms with Gasteiger partial charge in [0.05, 0.1) is 52.4 Å². The fourth-order valence-electron chi connectivity index (χ4n) is 5.22. The molecule has 1 N–H and O–H groups in total. The second kappa shape index (κ2) is 18.8. The van der Waals surface area contributed by atoms with Crippen molar-refractivity contribution in [2.75, 3.05) is 7.11 Å². The zero-order valence-electron chi connectivity index (χ0n) is 31.1. The van der Waals surface area contributed by atoms with Crippen molar-refractivity contribution in [2.24, 2.45) is 0 Å². The number of alkyl halides is 6. The summed E-state index contributed by atoms with van der Waals surface area (Å²) in [4.78, 5) is 31.3. The Morgan fingerprint density at radius 1 is 0.746 bits per heavy atom. The first kappa shape index (κ1) is 44.2. The number of methoxy groups -OCH3 is 1. The molecule has 310 valence electrons. The van der Waals surface area contributed by atoms with Crippen LogP contribution in [0.4, 0.5) is 30.7 Å². The first-order valence-electron chi connectivity index (χ1n) is 17.2. The highest BCUT2D eigenvalue weighted by Crippen LogP contribution is 2.35. The van der Waals surface area contributed by atoms with E-state index in [1.807, 2.05) is 0 Å². The monoisotopic (exact) mass is 864 g/mol. The smallest absolute Gasteiger partial charge is 0.416 e. The standard InChI is InChI=1S/C21H17ClF3NO4.C20H15F4NO3S/c1-12-18(11-29-17-8-3-13(9-16(17)22)10-19(27)28-2)30-20(26-12)14-4-6-15(7-5-14)21(23,24)25;1-11-17(10-28-16-7-2-12(8-15(16)21)9-18(26)27)29-19(25-11)13-3-5-14(6-4-13)20(22,23)24/h3-9H,10-11H2,1-2H3;2-8H,9-10H2,1H3,(H,26,27). The Bertz CT molecular complexity index is 2410. The van der Waals surface area contributed by atoms with E-state index < -0.39 is 35.3 Å². The van der Waals surface area contributed by atoms with Crippen LogP contribution in [0.5, 0.6) is 11.5 Å². The number of carboxylic acid groups (broad SMARTS) is 1. The molecule has 9 nitrogen and oxygen atoms in total. The molecule has 18 heteroatoms. The maximum Gasteiger partial charge on any atom is 0.416 e. The molecule has 6 rings (SSSR count). The van der Waals surface area contributed by atoms with Crippen molar-refractivity contribution in [3.8, 4) is 33.5 Å². The number of thiazole rings is 1. The Balaban J connectivity index is 0.000000224. The van der Waals surface area contributed by atoms with Crippen LogP contribution in [-0.4, -0.2) is 34.1 Å². The van der Waals surface area contributed by atoms with E-state index in [1.165, 1.54) is 54.8 Å². The van der Waals surface area contributed by atoms with Gasteiger partial charge in [-0.15, -0.1) is 11.3 Å². The number of nitrogens with zero attached hydrogens (tertiary/aromatic N) is 2. The van der Waals surface area contributed by atoms with Crippen LogP contribution in [0.1, 0.15) is 44.3 Å². The Morgan fingerprint density at radius 2 is 1.31 bits per heavy atom. The van der Waals surface area contributed by atoms with Gasteiger partial charge in [-0.2, -0.15) is 26.3 Å². The zero-order chi connectivity index (χ0) is 43.1. The molecule has 0 unspecified atom stereocenters. The minimum absolute atomic E-state index is 0.0233. The number of aromatic nitrogens is 2. The van der Waals surface area contributed by atoms with Crippen molar-refractivity contribution >= 4 is 34.9 Å². The fraction of sp³-hybridized carbons (Fsp3) is 0.220. The lowest BCUT2D eigenvalue weighted by molar-refractivity contribution is -0.140. The molecular formula is C41H32ClF7N2O7S. The summed E-state index contributed by atoms with van der Waals surface area (Å²) in [7, 11) is 1.31. The SMILES string of the molecule is COC(=O)Cc1ccc(OCc2oc(-c3ccc(C(F)(F)F)cc3)nc2C)c(Cl)c1.Cc1nc(-c2ccc(C(F)(F)F)cc2)sc1COc1ccc(CC(=O)O)cc1F. The van der Waals surface area contributed by atoms with Crippen LogP contribution >= 0.6 is 22.9 Å². The lowest BCUT2D eigenvalue weighted by atomic mass is 10.1. The minimum Gasteiger partial charge on any atom is -0.485 e. The predicted octanol–water partition coefficient (Wildman–Crippen LogP) is 11.1. The van der Waals surface area contributed by atoms with Crippen molar-refractivity contribution in [1.82, 2.24) is 9.97 Å². The topological polar surface area (TPSA) is 121 Å². The van der Waals surface area contributed by atoms with E-state index in [4.69, 9.17) is 30.6 Å². The number of hydrogen-bond acceptors (Lipinski definition) is 9. The number of rotatable bonds is 12. The maximum atomic E-state index is 14.1. The molecule has 0 fully saturated rings. The number of hydrogen-bond donors (Lipinski definition) is 1. The lowest BCUT2D eigenvalue weighted by Gasteiger charge is -2.08. The Labute approximate surface area is 341 Å². The van der Waals surface area contributed by atoms with Crippen LogP contribution in [0.2, 0.25) is 5.02 Å². The van der Waals surface area contributed by atoms with Gasteiger partial charge in [-0.25, -0.2) is 14.4 Å². The molecule has 0 aliphatic rings. The first-order chi connectivity index (χ1) is 27.8. The van der Waals surface area contributed by atoms with Gasteiger partial charge in [0.15, 0.2) is 17.3 Å². The summed E-state index contributed by atoms with van der Waals surface area (Å²) >= 11 is 7.44. The molecule has 0 radical (unpaired) electrons. The Morgan fingerprint density at radius 3 is 1.85 bits per heavy atom. The molecule has 6 aromatic rings. The van der Waals surface area contributed by atoms with Gasteiger partial charge in [-0.1, -0.05) is 35.9 Å². The third-order valence-corrected chi connectivity index (χ3v) is 9.82. The average molecular weight is 865 g/mol. The maximum absolute atomic E-state index is 14.1. The molecule has 0 aliphatic carbocycles. The molecule has 0 amide bonds. The van der Waals surface area contributed by atoms with Crippen molar-refractivity contribution in [3.05, 3.63) is 140 Å². The van der Waals surface area contributed by atoms with E-state index in [9.17, 15) is 40.3 Å². The van der Waals surface area contributed by atoms with Gasteiger partial charge < -0.3 is 23.7 Å². The van der Waals surface area contributed by atoms with Crippen molar-refractivity contribution < 1.29 is 64.1 Å². The number of aliphatic carboxylic acids is 1. The summed E-state index contributed by atoms with van der Waals surface area (Å²) in [6.45, 7) is 3.49. The summed E-state index contributed by atoms with van der Waals surface area (Å²) in [5, 5.41) is 9.60. The zero-order valence-corrected chi connectivity index (χ0v) is 32.7. The number of oxazole rings is 1. The summed E-state index contributed by atoms with van der Waals surface area (Å²) in [6, 6.07) is 18.1. The molecule has 0 aliphatic heterocycles. The van der Waals surface area contributed by atoms with Crippen molar-refractivity contribution in [3.63, 3.8) is 0 Å². The molecule has 0 atom stereocenters. The van der Waals surface area contributed by atoms with Gasteiger partial charge in [-0.05, 0) is 85.6 Å². The third-order valence-electron chi connectivity index (χ3n) is 8.35. The van der Waals surface area contributed by atoms with E-state index >= 15 is 0 Å². The van der Waals surface area contributed by atoms with Gasteiger partial charge in [0.1, 0.15) is 24.0 Å². The summed E-state index contributed by atoms with van der Waals surface area (Å²) in [5.41, 5.74) is 1.66. The molecule has 0 saturated carbocycles. The molecule has 0 spiro atoms. The number of carbonyl (C=O) groups is 2. The van der Waals surface area contributed by atoms with Crippen LogP contribution in [-0.2, 0) is 52.7 Å². The van der Waals surface area contributed by atoms with Crippen LogP contribution < -0.4 is 9.47 Å². The van der Waals surface area contributed by atoms with E-state index in [2.05, 4.69) is 14.7 Å². The number of ether oxygens (including phenoxy) is 3. The Kier molecular flexibility index (Phi) is 14.0. The third kappa shape index (κ3) is 12.0. The van der Waals surface area contributed by atoms with Gasteiger partial charge >= 0.3 is 24.3 Å². The highest BCUT2D eigenvalue weighted by molar-refractivity contribution is 7.15. The molecule has 59 heavy (non-hydrogen) atoms. The van der Waals surface area contributed by atoms with Gasteiger partial charge in [0.25, 0.3) is 0 Å². The predicted molar refractivity (Wildman–Crippen MR) is 203 cm³/mol. The highest BCUT2D eigenvalue weighted by Gasteiger charge is 2.31. The van der Waals surface area contributed by atoms with E-state index in [-0.39, 0.29) is 43.7 Å².